The van der Waals surface area contributed by atoms with Gasteiger partial charge in [0.1, 0.15) is 11.6 Å². The molecule has 0 saturated carbocycles. The Morgan fingerprint density at radius 1 is 1.18 bits per heavy atom. The lowest BCUT2D eigenvalue weighted by molar-refractivity contribution is -0.142. The van der Waals surface area contributed by atoms with Crippen molar-refractivity contribution in [2.45, 2.75) is 34.2 Å². The number of ether oxygens (including phenoxy) is 2. The number of esters is 1. The number of aryl methyl sites for hydroxylation is 1. The average Bonchev–Trinajstić information content (AvgIpc) is 3.08. The van der Waals surface area contributed by atoms with Crippen molar-refractivity contribution < 1.29 is 19.1 Å². The molecule has 0 saturated heterocycles. The number of nitrogens with one attached hydrogen (secondary N) is 1. The average molecular weight is 453 g/mol. The van der Waals surface area contributed by atoms with E-state index >= 15 is 0 Å². The number of amides is 1. The topological polar surface area (TPSA) is 96.6 Å². The van der Waals surface area contributed by atoms with Gasteiger partial charge in [-0.2, -0.15) is 5.26 Å². The van der Waals surface area contributed by atoms with E-state index in [-0.39, 0.29) is 5.57 Å². The standard InChI is InChI=1S/C25H32N4O4/c1-6-28(7-2)23-10-8-22(9-11-23)27-24(30)17-33-25(31)21(16-26)15-20-14-18(3)29(19(20)4)12-13-32-5/h8-11,14-15H,6-7,12-13,17H2,1-5H3,(H,27,30)/b21-15+. The lowest BCUT2D eigenvalue weighted by Crippen LogP contribution is -2.22. The third kappa shape index (κ3) is 6.96. The summed E-state index contributed by atoms with van der Waals surface area (Å²) in [6.07, 6.45) is 1.48. The zero-order valence-corrected chi connectivity index (χ0v) is 20.0. The minimum Gasteiger partial charge on any atom is -0.451 e. The normalized spacial score (nSPS) is 11.1. The highest BCUT2D eigenvalue weighted by molar-refractivity contribution is 6.00. The van der Waals surface area contributed by atoms with Crippen LogP contribution in [0, 0.1) is 25.2 Å². The van der Waals surface area contributed by atoms with E-state index in [9.17, 15) is 14.9 Å². The fourth-order valence-corrected chi connectivity index (χ4v) is 3.54. The second-order valence-electron chi connectivity index (χ2n) is 7.48. The largest absolute Gasteiger partial charge is 0.451 e. The van der Waals surface area contributed by atoms with Gasteiger partial charge in [0.2, 0.25) is 0 Å². The molecular weight excluding hydrogens is 420 g/mol. The van der Waals surface area contributed by atoms with Crippen LogP contribution in [0.1, 0.15) is 30.8 Å². The molecule has 1 aromatic carbocycles. The molecule has 0 unspecified atom stereocenters. The van der Waals surface area contributed by atoms with Gasteiger partial charge in [-0.05, 0) is 69.7 Å². The van der Waals surface area contributed by atoms with E-state index in [4.69, 9.17) is 9.47 Å². The SMILES string of the molecule is CCN(CC)c1ccc(NC(=O)COC(=O)/C(C#N)=C/c2cc(C)n(CCOC)c2C)cc1. The summed E-state index contributed by atoms with van der Waals surface area (Å²) >= 11 is 0. The molecular formula is C25H32N4O4. The Kier molecular flexibility index (Phi) is 9.70. The molecule has 33 heavy (non-hydrogen) atoms. The predicted molar refractivity (Wildman–Crippen MR) is 129 cm³/mol. The number of nitrogens with zero attached hydrogens (tertiary/aromatic N) is 3. The van der Waals surface area contributed by atoms with Gasteiger partial charge in [0.15, 0.2) is 6.61 Å². The monoisotopic (exact) mass is 452 g/mol. The maximum Gasteiger partial charge on any atom is 0.349 e. The summed E-state index contributed by atoms with van der Waals surface area (Å²) < 4.78 is 12.2. The molecule has 0 radical (unpaired) electrons. The maximum atomic E-state index is 12.4. The molecule has 8 heteroatoms. The molecule has 2 rings (SSSR count). The fourth-order valence-electron chi connectivity index (χ4n) is 3.54. The Labute approximate surface area is 195 Å². The Balaban J connectivity index is 1.98. The molecule has 8 nitrogen and oxygen atoms in total. The third-order valence-corrected chi connectivity index (χ3v) is 5.39. The van der Waals surface area contributed by atoms with E-state index in [0.717, 1.165) is 35.7 Å². The molecule has 2 aromatic rings. The Morgan fingerprint density at radius 3 is 2.42 bits per heavy atom. The summed E-state index contributed by atoms with van der Waals surface area (Å²) in [6, 6.07) is 11.2. The van der Waals surface area contributed by atoms with Crippen LogP contribution in [0.25, 0.3) is 6.08 Å². The summed E-state index contributed by atoms with van der Waals surface area (Å²) in [5.41, 5.74) is 4.15. The first kappa shape index (κ1) is 25.7. The predicted octanol–water partition coefficient (Wildman–Crippen LogP) is 3.69. The van der Waals surface area contributed by atoms with Crippen LogP contribution in [0.3, 0.4) is 0 Å². The van der Waals surface area contributed by atoms with Crippen molar-refractivity contribution in [2.75, 3.05) is 43.6 Å². The number of methoxy groups -OCH3 is 1. The third-order valence-electron chi connectivity index (χ3n) is 5.39. The van der Waals surface area contributed by atoms with E-state index < -0.39 is 18.5 Å². The zero-order chi connectivity index (χ0) is 24.4. The molecule has 1 aromatic heterocycles. The number of hydrogen-bond acceptors (Lipinski definition) is 6. The van der Waals surface area contributed by atoms with Gasteiger partial charge in [-0.3, -0.25) is 4.79 Å². The molecule has 0 atom stereocenters. The van der Waals surface area contributed by atoms with Crippen LogP contribution in [0.2, 0.25) is 0 Å². The van der Waals surface area contributed by atoms with Crippen molar-refractivity contribution in [2.24, 2.45) is 0 Å². The molecule has 1 amide bonds. The molecule has 0 spiro atoms. The highest BCUT2D eigenvalue weighted by Gasteiger charge is 2.16. The number of benzene rings is 1. The lowest BCUT2D eigenvalue weighted by Gasteiger charge is -2.21. The summed E-state index contributed by atoms with van der Waals surface area (Å²) in [5, 5.41) is 12.1. The van der Waals surface area contributed by atoms with Gasteiger partial charge in [0.25, 0.3) is 5.91 Å². The van der Waals surface area contributed by atoms with Crippen LogP contribution in [-0.4, -0.2) is 49.9 Å². The summed E-state index contributed by atoms with van der Waals surface area (Å²) in [4.78, 5) is 26.8. The van der Waals surface area contributed by atoms with Gasteiger partial charge in [-0.1, -0.05) is 0 Å². The molecule has 0 aliphatic carbocycles. The maximum absolute atomic E-state index is 12.4. The number of carbonyl (C=O) groups excluding carboxylic acids is 2. The Hall–Kier alpha value is -3.57. The molecule has 0 aliphatic rings. The van der Waals surface area contributed by atoms with E-state index in [2.05, 4.69) is 28.6 Å². The van der Waals surface area contributed by atoms with Crippen LogP contribution >= 0.6 is 0 Å². The first-order valence-corrected chi connectivity index (χ1v) is 10.9. The van der Waals surface area contributed by atoms with Gasteiger partial charge in [-0.25, -0.2) is 4.79 Å². The zero-order valence-electron chi connectivity index (χ0n) is 20.0. The van der Waals surface area contributed by atoms with Crippen molar-refractivity contribution in [1.29, 1.82) is 5.26 Å². The molecule has 1 heterocycles. The number of nitriles is 1. The summed E-state index contributed by atoms with van der Waals surface area (Å²) in [5.74, 6) is -1.32. The highest BCUT2D eigenvalue weighted by Crippen LogP contribution is 2.19. The fraction of sp³-hybridized carbons (Fsp3) is 0.400. The number of hydrogen-bond donors (Lipinski definition) is 1. The Morgan fingerprint density at radius 2 is 1.85 bits per heavy atom. The van der Waals surface area contributed by atoms with E-state index in [1.165, 1.54) is 6.08 Å². The van der Waals surface area contributed by atoms with E-state index in [1.54, 1.807) is 19.2 Å². The van der Waals surface area contributed by atoms with Crippen LogP contribution in [0.4, 0.5) is 11.4 Å². The number of rotatable bonds is 11. The number of aromatic nitrogens is 1. The first-order valence-electron chi connectivity index (χ1n) is 10.9. The van der Waals surface area contributed by atoms with Gasteiger partial charge >= 0.3 is 5.97 Å². The first-order chi connectivity index (χ1) is 15.8. The van der Waals surface area contributed by atoms with Crippen molar-refractivity contribution in [3.63, 3.8) is 0 Å². The quantitative estimate of drug-likeness (QED) is 0.317. The smallest absolute Gasteiger partial charge is 0.349 e. The van der Waals surface area contributed by atoms with Crippen molar-refractivity contribution >= 4 is 29.3 Å². The van der Waals surface area contributed by atoms with Crippen molar-refractivity contribution in [3.8, 4) is 6.07 Å². The summed E-state index contributed by atoms with van der Waals surface area (Å²) in [7, 11) is 1.64. The van der Waals surface area contributed by atoms with E-state index in [0.29, 0.717) is 18.8 Å². The van der Waals surface area contributed by atoms with Crippen LogP contribution < -0.4 is 10.2 Å². The minimum atomic E-state index is -0.841. The molecule has 176 valence electrons. The van der Waals surface area contributed by atoms with Gasteiger partial charge in [0, 0.05) is 49.5 Å². The van der Waals surface area contributed by atoms with E-state index in [1.807, 2.05) is 38.1 Å². The van der Waals surface area contributed by atoms with Gasteiger partial charge in [-0.15, -0.1) is 0 Å². The van der Waals surface area contributed by atoms with Crippen LogP contribution in [-0.2, 0) is 25.6 Å². The number of anilines is 2. The van der Waals surface area contributed by atoms with Gasteiger partial charge in [0.05, 0.1) is 6.61 Å². The number of carbonyl (C=O) groups is 2. The second kappa shape index (κ2) is 12.5. The lowest BCUT2D eigenvalue weighted by atomic mass is 10.1. The molecule has 0 fully saturated rings. The van der Waals surface area contributed by atoms with Crippen molar-refractivity contribution in [1.82, 2.24) is 4.57 Å². The van der Waals surface area contributed by atoms with Crippen molar-refractivity contribution in [3.05, 3.63) is 52.9 Å². The second-order valence-corrected chi connectivity index (χ2v) is 7.48. The van der Waals surface area contributed by atoms with Crippen LogP contribution in [0.5, 0.6) is 0 Å². The minimum absolute atomic E-state index is 0.168. The van der Waals surface area contributed by atoms with Gasteiger partial charge < -0.3 is 24.3 Å². The highest BCUT2D eigenvalue weighted by atomic mass is 16.5. The molecule has 1 N–H and O–H groups in total. The molecule has 0 aliphatic heterocycles. The van der Waals surface area contributed by atoms with Crippen LogP contribution in [0.15, 0.2) is 35.9 Å². The molecule has 0 bridgehead atoms. The summed E-state index contributed by atoms with van der Waals surface area (Å²) in [6.45, 7) is 10.5. The Bertz CT molecular complexity index is 1030.